The highest BCUT2D eigenvalue weighted by Gasteiger charge is 2.26. The molecule has 1 aliphatic rings. The molecule has 0 aliphatic carbocycles. The minimum absolute atomic E-state index is 0.102. The number of hydrogen-bond donors (Lipinski definition) is 2. The summed E-state index contributed by atoms with van der Waals surface area (Å²) in [6.45, 7) is 3.54. The summed E-state index contributed by atoms with van der Waals surface area (Å²) < 4.78 is 33.0. The number of ether oxygens (including phenoxy) is 1. The Morgan fingerprint density at radius 3 is 2.65 bits per heavy atom. The van der Waals surface area contributed by atoms with Crippen molar-refractivity contribution in [2.75, 3.05) is 13.2 Å². The Hall–Kier alpha value is -0.950. The lowest BCUT2D eigenvalue weighted by Crippen LogP contribution is -2.40. The fourth-order valence-electron chi connectivity index (χ4n) is 2.55. The van der Waals surface area contributed by atoms with Gasteiger partial charge < -0.3 is 10.5 Å². The van der Waals surface area contributed by atoms with E-state index in [1.54, 1.807) is 24.3 Å². The fourth-order valence-corrected chi connectivity index (χ4v) is 4.12. The van der Waals surface area contributed by atoms with Crippen LogP contribution in [-0.4, -0.2) is 27.7 Å². The molecule has 6 heteroatoms. The molecule has 5 nitrogen and oxygen atoms in total. The number of nitrogens with one attached hydrogen (secondary N) is 1. The average Bonchev–Trinajstić information content (AvgIpc) is 2.47. The third-order valence-corrected chi connectivity index (χ3v) is 5.46. The number of hydrogen-bond acceptors (Lipinski definition) is 4. The summed E-state index contributed by atoms with van der Waals surface area (Å²) in [5.74, 6) is 0.323. The van der Waals surface area contributed by atoms with Gasteiger partial charge in [0.05, 0.1) is 4.90 Å². The lowest BCUT2D eigenvalue weighted by atomic mass is 9.94. The van der Waals surface area contributed by atoms with E-state index in [-0.39, 0.29) is 17.5 Å². The topological polar surface area (TPSA) is 81.4 Å². The first-order valence-corrected chi connectivity index (χ1v) is 8.41. The van der Waals surface area contributed by atoms with E-state index in [9.17, 15) is 8.42 Å². The third-order valence-electron chi connectivity index (χ3n) is 3.80. The van der Waals surface area contributed by atoms with Gasteiger partial charge in [0.2, 0.25) is 10.0 Å². The van der Waals surface area contributed by atoms with Gasteiger partial charge in [-0.05, 0) is 37.3 Å². The van der Waals surface area contributed by atoms with Crippen molar-refractivity contribution in [3.63, 3.8) is 0 Å². The van der Waals surface area contributed by atoms with Crippen LogP contribution in [0.1, 0.15) is 25.3 Å². The summed E-state index contributed by atoms with van der Waals surface area (Å²) in [5.41, 5.74) is 6.25. The third kappa shape index (κ3) is 3.58. The number of nitrogens with two attached hydrogens (primary N) is 1. The van der Waals surface area contributed by atoms with Crippen LogP contribution in [0.3, 0.4) is 0 Å². The number of sulfonamides is 1. The lowest BCUT2D eigenvalue weighted by molar-refractivity contribution is 0.0585. The number of rotatable bonds is 5. The highest BCUT2D eigenvalue weighted by molar-refractivity contribution is 7.89. The zero-order chi connectivity index (χ0) is 14.6. The standard InChI is InChI=1S/C14H22N2O3S/c1-11(12-6-8-19-9-7-12)16-20(17,18)14-5-3-2-4-13(14)10-15/h2-5,11-12,16H,6-10,15H2,1H3. The van der Waals surface area contributed by atoms with Crippen LogP contribution in [0.15, 0.2) is 29.2 Å². The molecule has 0 amide bonds. The highest BCUT2D eigenvalue weighted by atomic mass is 32.2. The van der Waals surface area contributed by atoms with Gasteiger partial charge in [0.25, 0.3) is 0 Å². The monoisotopic (exact) mass is 298 g/mol. The summed E-state index contributed by atoms with van der Waals surface area (Å²) in [5, 5.41) is 0. The molecule has 112 valence electrons. The maximum Gasteiger partial charge on any atom is 0.241 e. The van der Waals surface area contributed by atoms with E-state index in [1.165, 1.54) is 0 Å². The van der Waals surface area contributed by atoms with Crippen molar-refractivity contribution in [2.45, 2.75) is 37.2 Å². The first kappa shape index (κ1) is 15.4. The second-order valence-electron chi connectivity index (χ2n) is 5.17. The molecular weight excluding hydrogens is 276 g/mol. The van der Waals surface area contributed by atoms with E-state index >= 15 is 0 Å². The number of benzene rings is 1. The van der Waals surface area contributed by atoms with E-state index in [0.29, 0.717) is 24.7 Å². The van der Waals surface area contributed by atoms with Gasteiger partial charge in [-0.25, -0.2) is 13.1 Å². The van der Waals surface area contributed by atoms with Crippen LogP contribution in [0.2, 0.25) is 0 Å². The fraction of sp³-hybridized carbons (Fsp3) is 0.571. The molecule has 1 aliphatic heterocycles. The highest BCUT2D eigenvalue weighted by Crippen LogP contribution is 2.21. The molecule has 1 saturated heterocycles. The van der Waals surface area contributed by atoms with Gasteiger partial charge in [-0.3, -0.25) is 0 Å². The molecule has 0 radical (unpaired) electrons. The molecule has 3 N–H and O–H groups in total. The quantitative estimate of drug-likeness (QED) is 0.857. The van der Waals surface area contributed by atoms with Crippen molar-refractivity contribution in [1.82, 2.24) is 4.72 Å². The zero-order valence-corrected chi connectivity index (χ0v) is 12.5. The van der Waals surface area contributed by atoms with Gasteiger partial charge in [0, 0.05) is 25.8 Å². The van der Waals surface area contributed by atoms with E-state index in [0.717, 1.165) is 12.8 Å². The molecule has 0 saturated carbocycles. The predicted octanol–water partition coefficient (Wildman–Crippen LogP) is 1.24. The molecule has 1 heterocycles. The molecule has 0 bridgehead atoms. The summed E-state index contributed by atoms with van der Waals surface area (Å²) in [6.07, 6.45) is 1.78. The lowest BCUT2D eigenvalue weighted by Gasteiger charge is -2.28. The summed E-state index contributed by atoms with van der Waals surface area (Å²) in [7, 11) is -3.52. The van der Waals surface area contributed by atoms with Crippen molar-refractivity contribution in [3.05, 3.63) is 29.8 Å². The Kier molecular flexibility index (Phi) is 5.15. The van der Waals surface area contributed by atoms with E-state index < -0.39 is 10.0 Å². The first-order chi connectivity index (χ1) is 9.54. The minimum Gasteiger partial charge on any atom is -0.381 e. The van der Waals surface area contributed by atoms with Gasteiger partial charge in [0.1, 0.15) is 0 Å². The molecule has 2 rings (SSSR count). The van der Waals surface area contributed by atoms with Crippen LogP contribution >= 0.6 is 0 Å². The molecule has 1 atom stereocenters. The molecule has 0 spiro atoms. The van der Waals surface area contributed by atoms with Gasteiger partial charge in [0.15, 0.2) is 0 Å². The Bertz CT molecular complexity index is 539. The van der Waals surface area contributed by atoms with Gasteiger partial charge >= 0.3 is 0 Å². The van der Waals surface area contributed by atoms with Crippen LogP contribution in [0, 0.1) is 5.92 Å². The van der Waals surface area contributed by atoms with E-state index in [4.69, 9.17) is 10.5 Å². The van der Waals surface area contributed by atoms with Crippen LogP contribution in [0.5, 0.6) is 0 Å². The Labute approximate surface area is 120 Å². The molecule has 1 aromatic carbocycles. The van der Waals surface area contributed by atoms with Crippen molar-refractivity contribution in [2.24, 2.45) is 11.7 Å². The van der Waals surface area contributed by atoms with Crippen LogP contribution in [-0.2, 0) is 21.3 Å². The molecule has 1 fully saturated rings. The molecule has 0 aromatic heterocycles. The first-order valence-electron chi connectivity index (χ1n) is 6.92. The second kappa shape index (κ2) is 6.67. The molecular formula is C14H22N2O3S. The van der Waals surface area contributed by atoms with E-state index in [2.05, 4.69) is 4.72 Å². The average molecular weight is 298 g/mol. The van der Waals surface area contributed by atoms with Gasteiger partial charge in [-0.1, -0.05) is 18.2 Å². The zero-order valence-electron chi connectivity index (χ0n) is 11.7. The molecule has 1 unspecified atom stereocenters. The summed E-state index contributed by atoms with van der Waals surface area (Å²) in [6, 6.07) is 6.75. The van der Waals surface area contributed by atoms with Crippen LogP contribution in [0.4, 0.5) is 0 Å². The normalized spacial score (nSPS) is 18.9. The minimum atomic E-state index is -3.52. The van der Waals surface area contributed by atoms with E-state index in [1.807, 2.05) is 6.92 Å². The van der Waals surface area contributed by atoms with Crippen LogP contribution < -0.4 is 10.5 Å². The van der Waals surface area contributed by atoms with Gasteiger partial charge in [-0.2, -0.15) is 0 Å². The maximum atomic E-state index is 12.5. The van der Waals surface area contributed by atoms with Crippen molar-refractivity contribution < 1.29 is 13.2 Å². The van der Waals surface area contributed by atoms with Crippen molar-refractivity contribution in [1.29, 1.82) is 0 Å². The van der Waals surface area contributed by atoms with Crippen LogP contribution in [0.25, 0.3) is 0 Å². The Morgan fingerprint density at radius 1 is 1.35 bits per heavy atom. The molecule has 20 heavy (non-hydrogen) atoms. The Balaban J connectivity index is 2.14. The Morgan fingerprint density at radius 2 is 2.00 bits per heavy atom. The predicted molar refractivity (Wildman–Crippen MR) is 77.7 cm³/mol. The largest absolute Gasteiger partial charge is 0.381 e. The summed E-state index contributed by atoms with van der Waals surface area (Å²) >= 11 is 0. The molecule has 1 aromatic rings. The summed E-state index contributed by atoms with van der Waals surface area (Å²) in [4.78, 5) is 0.279. The smallest absolute Gasteiger partial charge is 0.241 e. The second-order valence-corrected chi connectivity index (χ2v) is 6.85. The van der Waals surface area contributed by atoms with Crippen molar-refractivity contribution in [3.8, 4) is 0 Å². The van der Waals surface area contributed by atoms with Gasteiger partial charge in [-0.15, -0.1) is 0 Å². The van der Waals surface area contributed by atoms with Crippen molar-refractivity contribution >= 4 is 10.0 Å². The SMILES string of the molecule is CC(NS(=O)(=O)c1ccccc1CN)C1CCOCC1. The maximum absolute atomic E-state index is 12.5.